The van der Waals surface area contributed by atoms with Gasteiger partial charge in [-0.05, 0) is 19.1 Å². The van der Waals surface area contributed by atoms with Crippen LogP contribution >= 0.6 is 0 Å². The third-order valence-corrected chi connectivity index (χ3v) is 1.70. The zero-order valence-corrected chi connectivity index (χ0v) is 8.06. The first-order chi connectivity index (χ1) is 6.87. The lowest BCUT2D eigenvalue weighted by Gasteiger charge is -2.07. The summed E-state index contributed by atoms with van der Waals surface area (Å²) in [5.74, 6) is -1.05. The van der Waals surface area contributed by atoms with Crippen LogP contribution in [-0.2, 0) is 4.79 Å². The van der Waals surface area contributed by atoms with E-state index in [9.17, 15) is 18.0 Å². The van der Waals surface area contributed by atoms with Crippen molar-refractivity contribution in [1.82, 2.24) is 0 Å². The van der Waals surface area contributed by atoms with Crippen LogP contribution in [-0.4, -0.2) is 12.1 Å². The lowest BCUT2D eigenvalue weighted by atomic mass is 10.2. The maximum atomic E-state index is 11.8. The van der Waals surface area contributed by atoms with Gasteiger partial charge in [0.2, 0.25) is 5.91 Å². The highest BCUT2D eigenvalue weighted by atomic mass is 19.4. The molecule has 0 aliphatic heterocycles. The van der Waals surface area contributed by atoms with Crippen molar-refractivity contribution >= 4 is 11.6 Å². The van der Waals surface area contributed by atoms with E-state index in [1.165, 1.54) is 0 Å². The lowest BCUT2D eigenvalue weighted by Crippen LogP contribution is -2.21. The molecule has 1 aromatic carbocycles. The van der Waals surface area contributed by atoms with Crippen molar-refractivity contribution in [2.24, 2.45) is 0 Å². The van der Waals surface area contributed by atoms with Crippen molar-refractivity contribution in [2.75, 3.05) is 5.32 Å². The summed E-state index contributed by atoms with van der Waals surface area (Å²) in [7, 11) is 0. The minimum Gasteiger partial charge on any atom is -0.326 e. The van der Waals surface area contributed by atoms with Crippen molar-refractivity contribution < 1.29 is 18.0 Å². The van der Waals surface area contributed by atoms with E-state index in [0.29, 0.717) is 5.69 Å². The van der Waals surface area contributed by atoms with Gasteiger partial charge in [0.05, 0.1) is 0 Å². The molecule has 1 amide bonds. The van der Waals surface area contributed by atoms with Gasteiger partial charge in [0.15, 0.2) is 0 Å². The van der Waals surface area contributed by atoms with Crippen LogP contribution in [0.3, 0.4) is 0 Å². The molecule has 0 saturated carbocycles. The number of rotatable bonds is 2. The van der Waals surface area contributed by atoms with E-state index in [-0.39, 0.29) is 0 Å². The molecule has 1 rings (SSSR count). The fourth-order valence-electron chi connectivity index (χ4n) is 1.02. The normalized spacial score (nSPS) is 11.2. The van der Waals surface area contributed by atoms with Crippen molar-refractivity contribution in [3.05, 3.63) is 29.8 Å². The smallest absolute Gasteiger partial charge is 0.326 e. The van der Waals surface area contributed by atoms with Gasteiger partial charge in [-0.25, -0.2) is 0 Å². The number of nitrogens with one attached hydrogen (secondary N) is 1. The van der Waals surface area contributed by atoms with E-state index < -0.39 is 18.5 Å². The van der Waals surface area contributed by atoms with Crippen LogP contribution in [0.5, 0.6) is 0 Å². The second kappa shape index (κ2) is 4.33. The van der Waals surface area contributed by atoms with Crippen LogP contribution in [0, 0.1) is 6.92 Å². The number of hydrogen-bond donors (Lipinski definition) is 1. The Kier molecular flexibility index (Phi) is 3.34. The van der Waals surface area contributed by atoms with Crippen molar-refractivity contribution in [2.45, 2.75) is 19.5 Å². The molecule has 0 spiro atoms. The minimum absolute atomic E-state index is 0.370. The number of benzene rings is 1. The third kappa shape index (κ3) is 4.49. The maximum Gasteiger partial charge on any atom is 0.397 e. The third-order valence-electron chi connectivity index (χ3n) is 1.70. The summed E-state index contributed by atoms with van der Waals surface area (Å²) in [5, 5.41) is 2.17. The van der Waals surface area contributed by atoms with E-state index in [4.69, 9.17) is 0 Å². The fraction of sp³-hybridized carbons (Fsp3) is 0.300. The molecule has 0 aliphatic rings. The molecule has 5 heteroatoms. The van der Waals surface area contributed by atoms with Gasteiger partial charge in [-0.1, -0.05) is 17.7 Å². The summed E-state index contributed by atoms with van der Waals surface area (Å²) >= 11 is 0. The van der Waals surface area contributed by atoms with Crippen LogP contribution in [0.2, 0.25) is 0 Å². The monoisotopic (exact) mass is 217 g/mol. The maximum absolute atomic E-state index is 11.8. The zero-order valence-electron chi connectivity index (χ0n) is 8.06. The van der Waals surface area contributed by atoms with E-state index >= 15 is 0 Å². The molecule has 0 atom stereocenters. The summed E-state index contributed by atoms with van der Waals surface area (Å²) in [6.45, 7) is 1.85. The quantitative estimate of drug-likeness (QED) is 0.810. The van der Waals surface area contributed by atoms with Crippen molar-refractivity contribution in [3.8, 4) is 0 Å². The number of alkyl halides is 3. The number of anilines is 1. The second-order valence-corrected chi connectivity index (χ2v) is 3.21. The van der Waals surface area contributed by atoms with E-state index in [2.05, 4.69) is 5.32 Å². The molecule has 0 unspecified atom stereocenters. The highest BCUT2D eigenvalue weighted by Crippen LogP contribution is 2.20. The highest BCUT2D eigenvalue weighted by Gasteiger charge is 2.31. The van der Waals surface area contributed by atoms with Crippen molar-refractivity contribution in [3.63, 3.8) is 0 Å². The summed E-state index contributed by atoms with van der Waals surface area (Å²) in [6.07, 6.45) is -5.92. The molecule has 0 aromatic heterocycles. The molecule has 0 saturated heterocycles. The van der Waals surface area contributed by atoms with Gasteiger partial charge >= 0.3 is 6.18 Å². The molecule has 15 heavy (non-hydrogen) atoms. The number of hydrogen-bond acceptors (Lipinski definition) is 1. The van der Waals surface area contributed by atoms with E-state index in [0.717, 1.165) is 5.56 Å². The Morgan fingerprint density at radius 2 is 1.80 bits per heavy atom. The molecule has 0 fully saturated rings. The Balaban J connectivity index is 2.55. The van der Waals surface area contributed by atoms with Gasteiger partial charge in [-0.2, -0.15) is 13.2 Å². The standard InChI is InChI=1S/C10H10F3NO/c1-7-2-4-8(5-3-7)14-9(15)6-10(11,12)13/h2-5H,6H2,1H3,(H,14,15). The predicted molar refractivity (Wildman–Crippen MR) is 50.5 cm³/mol. The molecular formula is C10H10F3NO. The van der Waals surface area contributed by atoms with Gasteiger partial charge in [0.1, 0.15) is 6.42 Å². The van der Waals surface area contributed by atoms with Crippen LogP contribution in [0.25, 0.3) is 0 Å². The number of amides is 1. The fourth-order valence-corrected chi connectivity index (χ4v) is 1.02. The topological polar surface area (TPSA) is 29.1 Å². The van der Waals surface area contributed by atoms with Gasteiger partial charge in [-0.3, -0.25) is 4.79 Å². The largest absolute Gasteiger partial charge is 0.397 e. The highest BCUT2D eigenvalue weighted by molar-refractivity contribution is 5.91. The number of carbonyl (C=O) groups excluding carboxylic acids is 1. The molecule has 1 N–H and O–H groups in total. The lowest BCUT2D eigenvalue weighted by molar-refractivity contribution is -0.150. The van der Waals surface area contributed by atoms with Crippen LogP contribution < -0.4 is 5.32 Å². The first-order valence-corrected chi connectivity index (χ1v) is 4.30. The molecule has 0 aliphatic carbocycles. The summed E-state index contributed by atoms with van der Waals surface area (Å²) in [5.41, 5.74) is 1.35. The molecule has 82 valence electrons. The molecule has 1 aromatic rings. The van der Waals surface area contributed by atoms with Crippen LogP contribution in [0.4, 0.5) is 18.9 Å². The van der Waals surface area contributed by atoms with Gasteiger partial charge < -0.3 is 5.32 Å². The van der Waals surface area contributed by atoms with Crippen LogP contribution in [0.1, 0.15) is 12.0 Å². The second-order valence-electron chi connectivity index (χ2n) is 3.21. The zero-order chi connectivity index (χ0) is 11.5. The summed E-state index contributed by atoms with van der Waals surface area (Å²) in [6, 6.07) is 6.54. The molecule has 0 heterocycles. The first-order valence-electron chi connectivity index (χ1n) is 4.30. The summed E-state index contributed by atoms with van der Waals surface area (Å²) in [4.78, 5) is 10.9. The van der Waals surface area contributed by atoms with Gasteiger partial charge in [0.25, 0.3) is 0 Å². The number of halogens is 3. The van der Waals surface area contributed by atoms with Gasteiger partial charge in [-0.15, -0.1) is 0 Å². The SMILES string of the molecule is Cc1ccc(NC(=O)CC(F)(F)F)cc1. The first kappa shape index (κ1) is 11.6. The Morgan fingerprint density at radius 3 is 2.27 bits per heavy atom. The molecular weight excluding hydrogens is 207 g/mol. The predicted octanol–water partition coefficient (Wildman–Crippen LogP) is 2.89. The Bertz CT molecular complexity index is 343. The van der Waals surface area contributed by atoms with Crippen molar-refractivity contribution in [1.29, 1.82) is 0 Å². The average molecular weight is 217 g/mol. The Hall–Kier alpha value is -1.52. The van der Waals surface area contributed by atoms with Gasteiger partial charge in [0, 0.05) is 5.69 Å². The molecule has 2 nitrogen and oxygen atoms in total. The number of carbonyl (C=O) groups is 1. The van der Waals surface area contributed by atoms with Crippen LogP contribution in [0.15, 0.2) is 24.3 Å². The minimum atomic E-state index is -4.46. The molecule has 0 radical (unpaired) electrons. The van der Waals surface area contributed by atoms with E-state index in [1.54, 1.807) is 24.3 Å². The Labute approximate surface area is 85.1 Å². The molecule has 0 bridgehead atoms. The van der Waals surface area contributed by atoms with E-state index in [1.807, 2.05) is 6.92 Å². The number of aryl methyl sites for hydroxylation is 1. The summed E-state index contributed by atoms with van der Waals surface area (Å²) < 4.78 is 35.4. The average Bonchev–Trinajstić information content (AvgIpc) is 2.05. The Morgan fingerprint density at radius 1 is 1.27 bits per heavy atom.